The van der Waals surface area contributed by atoms with E-state index in [1.54, 1.807) is 11.2 Å². The van der Waals surface area contributed by atoms with Gasteiger partial charge in [0.2, 0.25) is 0 Å². The number of carbonyl (C=O) groups excluding carboxylic acids is 1. The van der Waals surface area contributed by atoms with E-state index in [2.05, 4.69) is 26.3 Å². The van der Waals surface area contributed by atoms with Crippen LogP contribution < -0.4 is 5.32 Å². The Morgan fingerprint density at radius 3 is 3.45 bits per heavy atom. The van der Waals surface area contributed by atoms with Gasteiger partial charge in [-0.25, -0.2) is 5.01 Å². The summed E-state index contributed by atoms with van der Waals surface area (Å²) in [7, 11) is 0. The molecule has 11 heavy (non-hydrogen) atoms. The Kier molecular flexibility index (Phi) is 1.65. The molecule has 0 saturated carbocycles. The Hall–Kier alpha value is -0.490. The minimum atomic E-state index is 0.0598. The third-order valence-electron chi connectivity index (χ3n) is 1.38. The molecule has 0 radical (unpaired) electrons. The van der Waals surface area contributed by atoms with Gasteiger partial charge in [-0.3, -0.25) is 4.79 Å². The summed E-state index contributed by atoms with van der Waals surface area (Å²) in [5.41, 5.74) is 0.626. The van der Waals surface area contributed by atoms with Crippen molar-refractivity contribution in [3.8, 4) is 0 Å². The first-order valence-electron chi connectivity index (χ1n) is 2.92. The van der Waals surface area contributed by atoms with Crippen LogP contribution in [0.3, 0.4) is 0 Å². The highest BCUT2D eigenvalue weighted by atomic mass is 79.9. The number of nitrogens with zero attached hydrogens (tertiary/aromatic N) is 2. The number of hydrazone groups is 1. The summed E-state index contributed by atoms with van der Waals surface area (Å²) < 4.78 is 0.794. The molecule has 1 unspecified atom stereocenters. The zero-order chi connectivity index (χ0) is 7.84. The van der Waals surface area contributed by atoms with Gasteiger partial charge >= 0.3 is 0 Å². The summed E-state index contributed by atoms with van der Waals surface area (Å²) in [5, 5.41) is 8.71. The molecule has 4 nitrogen and oxygen atoms in total. The number of hydrogen-bond acceptors (Lipinski definition) is 5. The van der Waals surface area contributed by atoms with E-state index in [0.29, 0.717) is 5.70 Å². The van der Waals surface area contributed by atoms with Crippen LogP contribution in [0.1, 0.15) is 0 Å². The first-order valence-corrected chi connectivity index (χ1v) is 4.60. The smallest absolute Gasteiger partial charge is 0.175 e. The first kappa shape index (κ1) is 7.17. The van der Waals surface area contributed by atoms with Crippen molar-refractivity contribution in [1.82, 2.24) is 10.3 Å². The standard InChI is InChI=1S/C5H4BrN3OS/c6-4-8-9-3(2-10)1-7-5(9)11-4/h1-2,5,7H. The summed E-state index contributed by atoms with van der Waals surface area (Å²) in [6.45, 7) is 0. The number of carbonyl (C=O) groups is 1. The maximum Gasteiger partial charge on any atom is 0.175 e. The number of fused-ring (bicyclic) bond motifs is 1. The van der Waals surface area contributed by atoms with Gasteiger partial charge in [0.05, 0.1) is 0 Å². The maximum absolute atomic E-state index is 10.4. The highest BCUT2D eigenvalue weighted by molar-refractivity contribution is 9.22. The number of nitrogens with one attached hydrogen (secondary N) is 1. The molecule has 0 spiro atoms. The van der Waals surface area contributed by atoms with E-state index in [0.717, 1.165) is 10.2 Å². The predicted molar refractivity (Wildman–Crippen MR) is 46.9 cm³/mol. The van der Waals surface area contributed by atoms with Crippen molar-refractivity contribution in [2.24, 2.45) is 5.10 Å². The van der Waals surface area contributed by atoms with Gasteiger partial charge in [0.25, 0.3) is 0 Å². The van der Waals surface area contributed by atoms with Crippen LogP contribution in [-0.4, -0.2) is 20.7 Å². The molecule has 1 N–H and O–H groups in total. The third-order valence-corrected chi connectivity index (χ3v) is 2.93. The fourth-order valence-corrected chi connectivity index (χ4v) is 2.34. The second-order valence-electron chi connectivity index (χ2n) is 2.02. The van der Waals surface area contributed by atoms with Crippen LogP contribution in [0.2, 0.25) is 0 Å². The van der Waals surface area contributed by atoms with Crippen molar-refractivity contribution in [1.29, 1.82) is 0 Å². The van der Waals surface area contributed by atoms with Crippen LogP contribution >= 0.6 is 27.7 Å². The van der Waals surface area contributed by atoms with Crippen LogP contribution in [0.4, 0.5) is 0 Å². The molecule has 0 fully saturated rings. The van der Waals surface area contributed by atoms with Gasteiger partial charge in [-0.1, -0.05) is 0 Å². The SMILES string of the molecule is O=CC1=CNC2SC(Br)=NN12. The summed E-state index contributed by atoms with van der Waals surface area (Å²) in [6.07, 6.45) is 2.44. The Bertz CT molecular complexity index is 264. The van der Waals surface area contributed by atoms with Crippen LogP contribution in [-0.2, 0) is 4.79 Å². The summed E-state index contributed by atoms with van der Waals surface area (Å²) in [6, 6.07) is 0. The number of hydrogen-bond donors (Lipinski definition) is 1. The van der Waals surface area contributed by atoms with Gasteiger partial charge in [0, 0.05) is 6.20 Å². The lowest BCUT2D eigenvalue weighted by Crippen LogP contribution is -2.26. The van der Waals surface area contributed by atoms with E-state index in [1.807, 2.05) is 0 Å². The number of thioether (sulfide) groups is 1. The molecular formula is C5H4BrN3OS. The lowest BCUT2D eigenvalue weighted by Gasteiger charge is -2.12. The van der Waals surface area contributed by atoms with Crippen LogP contribution in [0, 0.1) is 0 Å². The minimum Gasteiger partial charge on any atom is -0.359 e. The fraction of sp³-hybridized carbons (Fsp3) is 0.200. The highest BCUT2D eigenvalue weighted by Gasteiger charge is 2.32. The zero-order valence-electron chi connectivity index (χ0n) is 5.32. The van der Waals surface area contributed by atoms with Crippen LogP contribution in [0.25, 0.3) is 0 Å². The topological polar surface area (TPSA) is 44.7 Å². The quantitative estimate of drug-likeness (QED) is 0.676. The Balaban J connectivity index is 2.25. The molecular weight excluding hydrogens is 230 g/mol. The fourth-order valence-electron chi connectivity index (χ4n) is 0.911. The van der Waals surface area contributed by atoms with Crippen molar-refractivity contribution in [2.45, 2.75) is 5.50 Å². The summed E-state index contributed by atoms with van der Waals surface area (Å²) in [5.74, 6) is 0. The molecule has 1 atom stereocenters. The van der Waals surface area contributed by atoms with Crippen LogP contribution in [0.5, 0.6) is 0 Å². The third kappa shape index (κ3) is 1.06. The second kappa shape index (κ2) is 2.53. The minimum absolute atomic E-state index is 0.0598. The lowest BCUT2D eigenvalue weighted by atomic mass is 10.5. The van der Waals surface area contributed by atoms with E-state index in [4.69, 9.17) is 0 Å². The normalized spacial score (nSPS) is 27.4. The van der Waals surface area contributed by atoms with Crippen molar-refractivity contribution in [3.05, 3.63) is 11.9 Å². The zero-order valence-corrected chi connectivity index (χ0v) is 7.72. The Morgan fingerprint density at radius 2 is 2.73 bits per heavy atom. The summed E-state index contributed by atoms with van der Waals surface area (Å²) in [4.78, 5) is 10.4. The number of halogens is 1. The van der Waals surface area contributed by atoms with Gasteiger partial charge in [-0.15, -0.1) is 0 Å². The number of aldehydes is 1. The van der Waals surface area contributed by atoms with Gasteiger partial charge in [-0.05, 0) is 27.7 Å². The molecule has 0 aliphatic carbocycles. The monoisotopic (exact) mass is 233 g/mol. The van der Waals surface area contributed by atoms with Gasteiger partial charge < -0.3 is 5.32 Å². The summed E-state index contributed by atoms with van der Waals surface area (Å²) >= 11 is 4.76. The maximum atomic E-state index is 10.4. The van der Waals surface area contributed by atoms with Crippen molar-refractivity contribution in [3.63, 3.8) is 0 Å². The van der Waals surface area contributed by atoms with E-state index >= 15 is 0 Å². The molecule has 2 rings (SSSR count). The molecule has 2 heterocycles. The number of rotatable bonds is 1. The number of allylic oxidation sites excluding steroid dienone is 1. The van der Waals surface area contributed by atoms with Crippen molar-refractivity contribution >= 4 is 37.9 Å². The molecule has 0 aromatic carbocycles. The van der Waals surface area contributed by atoms with Gasteiger partial charge in [-0.2, -0.15) is 5.10 Å². The van der Waals surface area contributed by atoms with Gasteiger partial charge in [0.15, 0.2) is 15.7 Å². The van der Waals surface area contributed by atoms with Crippen molar-refractivity contribution in [2.75, 3.05) is 0 Å². The average Bonchev–Trinajstić information content (AvgIpc) is 2.45. The predicted octanol–water partition coefficient (Wildman–Crippen LogP) is 0.628. The lowest BCUT2D eigenvalue weighted by molar-refractivity contribution is -0.106. The molecule has 0 aromatic heterocycles. The van der Waals surface area contributed by atoms with E-state index in [9.17, 15) is 4.79 Å². The molecule has 58 valence electrons. The molecule has 2 aliphatic heterocycles. The molecule has 0 amide bonds. The molecule has 0 saturated heterocycles. The van der Waals surface area contributed by atoms with E-state index < -0.39 is 0 Å². The first-order chi connectivity index (χ1) is 5.31. The largest absolute Gasteiger partial charge is 0.359 e. The second-order valence-corrected chi connectivity index (χ2v) is 4.37. The highest BCUT2D eigenvalue weighted by Crippen LogP contribution is 2.32. The van der Waals surface area contributed by atoms with Crippen LogP contribution in [0.15, 0.2) is 17.0 Å². The van der Waals surface area contributed by atoms with E-state index in [1.165, 1.54) is 11.8 Å². The van der Waals surface area contributed by atoms with Gasteiger partial charge in [0.1, 0.15) is 5.70 Å². The van der Waals surface area contributed by atoms with Crippen molar-refractivity contribution < 1.29 is 4.79 Å². The molecule has 2 aliphatic rings. The molecule has 0 bridgehead atoms. The van der Waals surface area contributed by atoms with E-state index in [-0.39, 0.29) is 5.50 Å². The molecule has 6 heteroatoms. The Labute approximate surface area is 75.8 Å². The molecule has 0 aromatic rings. The average molecular weight is 234 g/mol. The Morgan fingerprint density at radius 1 is 1.91 bits per heavy atom.